The summed E-state index contributed by atoms with van der Waals surface area (Å²) in [5.41, 5.74) is 4.85. The van der Waals surface area contributed by atoms with Gasteiger partial charge in [0.15, 0.2) is 5.69 Å². The Balaban J connectivity index is 1.77. The molecule has 3 aromatic rings. The highest BCUT2D eigenvalue weighted by Crippen LogP contribution is 2.36. The number of benzene rings is 2. The van der Waals surface area contributed by atoms with Crippen LogP contribution in [0.25, 0.3) is 0 Å². The molecule has 0 atom stereocenters. The number of carbonyl (C=O) groups is 1. The number of rotatable bonds is 7. The molecule has 4 rings (SSSR count). The van der Waals surface area contributed by atoms with Crippen molar-refractivity contribution in [2.24, 2.45) is 0 Å². The highest BCUT2D eigenvalue weighted by molar-refractivity contribution is 5.89. The monoisotopic (exact) mass is 472 g/mol. The minimum absolute atomic E-state index is 0.241. The van der Waals surface area contributed by atoms with Crippen molar-refractivity contribution in [2.75, 3.05) is 18.1 Å². The van der Waals surface area contributed by atoms with E-state index in [-0.39, 0.29) is 13.2 Å². The molecule has 0 spiro atoms. The van der Waals surface area contributed by atoms with Gasteiger partial charge in [0.1, 0.15) is 23.7 Å². The normalized spacial score (nSPS) is 13.0. The van der Waals surface area contributed by atoms with Gasteiger partial charge >= 0.3 is 5.97 Å². The molecule has 2 heterocycles. The predicted molar refractivity (Wildman–Crippen MR) is 135 cm³/mol. The van der Waals surface area contributed by atoms with Gasteiger partial charge in [-0.1, -0.05) is 37.3 Å². The molecule has 1 aromatic heterocycles. The molecule has 35 heavy (non-hydrogen) atoms. The first-order chi connectivity index (χ1) is 16.8. The zero-order chi connectivity index (χ0) is 25.2. The van der Waals surface area contributed by atoms with Crippen LogP contribution in [0.2, 0.25) is 0 Å². The molecule has 0 fully saturated rings. The smallest absolute Gasteiger partial charge is 0.357 e. The van der Waals surface area contributed by atoms with Crippen molar-refractivity contribution in [1.82, 2.24) is 9.55 Å². The number of aromatic nitrogens is 2. The lowest BCUT2D eigenvalue weighted by molar-refractivity contribution is 0.0469. The van der Waals surface area contributed by atoms with Gasteiger partial charge < -0.3 is 19.3 Å². The fourth-order valence-electron chi connectivity index (χ4n) is 4.78. The minimum Gasteiger partial charge on any atom is -0.461 e. The number of fused-ring (bicyclic) bond motifs is 2. The van der Waals surface area contributed by atoms with Gasteiger partial charge in [0.05, 0.1) is 12.7 Å². The van der Waals surface area contributed by atoms with Crippen LogP contribution >= 0.6 is 0 Å². The lowest BCUT2D eigenvalue weighted by atomic mass is 10.0. The van der Waals surface area contributed by atoms with E-state index >= 15 is 0 Å². The summed E-state index contributed by atoms with van der Waals surface area (Å²) in [6.45, 7) is 7.95. The second-order valence-electron chi connectivity index (χ2n) is 9.28. The van der Waals surface area contributed by atoms with Gasteiger partial charge in [-0.15, -0.1) is 0 Å². The molecule has 0 aliphatic carbocycles. The number of aryl methyl sites for hydroxylation is 3. The van der Waals surface area contributed by atoms with Crippen LogP contribution in [-0.4, -0.2) is 33.8 Å². The molecule has 0 saturated carbocycles. The molecular weight excluding hydrogens is 440 g/mol. The maximum absolute atomic E-state index is 12.9. The van der Waals surface area contributed by atoms with E-state index in [1.807, 2.05) is 29.7 Å². The van der Waals surface area contributed by atoms with E-state index in [2.05, 4.69) is 40.2 Å². The Labute approximate surface area is 206 Å². The first kappa shape index (κ1) is 24.5. The van der Waals surface area contributed by atoms with Crippen molar-refractivity contribution >= 4 is 17.3 Å². The lowest BCUT2D eigenvalue weighted by Crippen LogP contribution is -2.23. The van der Waals surface area contributed by atoms with Crippen LogP contribution in [0.4, 0.5) is 11.4 Å². The first-order valence-electron chi connectivity index (χ1n) is 12.1. The van der Waals surface area contributed by atoms with Crippen molar-refractivity contribution in [2.45, 2.75) is 59.1 Å². The standard InChI is InChI=1S/C28H32N4O3/c1-5-24-30-26(28(3,4)34)25(27(33)35-6-2)32(24)18-19-11-14-23-21(17-19)13-12-20-9-7-8-10-22(20)31(23)16-15-29/h7-11,14,17,34H,5-6,12-13,16,18H2,1-4H3. The number of ether oxygens (including phenoxy) is 1. The summed E-state index contributed by atoms with van der Waals surface area (Å²) in [6, 6.07) is 16.8. The minimum atomic E-state index is -1.28. The Hall–Kier alpha value is -3.63. The summed E-state index contributed by atoms with van der Waals surface area (Å²) in [5.74, 6) is 0.237. The molecule has 1 aliphatic rings. The maximum Gasteiger partial charge on any atom is 0.357 e. The van der Waals surface area contributed by atoms with Crippen molar-refractivity contribution in [3.63, 3.8) is 0 Å². The summed E-state index contributed by atoms with van der Waals surface area (Å²) in [4.78, 5) is 19.6. The number of esters is 1. The largest absolute Gasteiger partial charge is 0.461 e. The number of anilines is 2. The zero-order valence-electron chi connectivity index (χ0n) is 20.8. The third-order valence-electron chi connectivity index (χ3n) is 6.36. The predicted octanol–water partition coefficient (Wildman–Crippen LogP) is 4.66. The molecule has 0 saturated heterocycles. The van der Waals surface area contributed by atoms with Gasteiger partial charge in [0, 0.05) is 24.3 Å². The molecular formula is C28H32N4O3. The topological polar surface area (TPSA) is 91.4 Å². The number of imidazole rings is 1. The second-order valence-corrected chi connectivity index (χ2v) is 9.28. The van der Waals surface area contributed by atoms with Gasteiger partial charge in [0.2, 0.25) is 0 Å². The number of nitriles is 1. The van der Waals surface area contributed by atoms with Crippen molar-refractivity contribution < 1.29 is 14.6 Å². The average molecular weight is 473 g/mol. The van der Waals surface area contributed by atoms with Crippen LogP contribution in [0.15, 0.2) is 42.5 Å². The van der Waals surface area contributed by atoms with Crippen LogP contribution in [0.5, 0.6) is 0 Å². The second kappa shape index (κ2) is 9.93. The fraction of sp³-hybridized carbons (Fsp3) is 0.393. The van der Waals surface area contributed by atoms with Crippen molar-refractivity contribution in [3.8, 4) is 6.07 Å². The maximum atomic E-state index is 12.9. The number of hydrogen-bond donors (Lipinski definition) is 1. The number of hydrogen-bond acceptors (Lipinski definition) is 6. The Morgan fingerprint density at radius 1 is 1.14 bits per heavy atom. The van der Waals surface area contributed by atoms with E-state index in [9.17, 15) is 15.2 Å². The van der Waals surface area contributed by atoms with Crippen molar-refractivity contribution in [1.29, 1.82) is 5.26 Å². The average Bonchev–Trinajstić information content (AvgIpc) is 3.13. The Morgan fingerprint density at radius 2 is 1.86 bits per heavy atom. The van der Waals surface area contributed by atoms with Gasteiger partial charge in [-0.2, -0.15) is 5.26 Å². The van der Waals surface area contributed by atoms with E-state index in [0.29, 0.717) is 24.4 Å². The number of para-hydroxylation sites is 1. The van der Waals surface area contributed by atoms with Gasteiger partial charge in [-0.3, -0.25) is 0 Å². The summed E-state index contributed by atoms with van der Waals surface area (Å²) in [5, 5.41) is 20.2. The van der Waals surface area contributed by atoms with Crippen LogP contribution in [0, 0.1) is 11.3 Å². The summed E-state index contributed by atoms with van der Waals surface area (Å²) < 4.78 is 7.20. The summed E-state index contributed by atoms with van der Waals surface area (Å²) in [6.07, 6.45) is 2.35. The first-order valence-corrected chi connectivity index (χ1v) is 12.1. The molecule has 7 nitrogen and oxygen atoms in total. The highest BCUT2D eigenvalue weighted by atomic mass is 16.5. The van der Waals surface area contributed by atoms with Gasteiger partial charge in [-0.05, 0) is 62.4 Å². The third kappa shape index (κ3) is 4.80. The van der Waals surface area contributed by atoms with Crippen LogP contribution in [-0.2, 0) is 36.1 Å². The zero-order valence-corrected chi connectivity index (χ0v) is 20.8. The van der Waals surface area contributed by atoms with E-state index in [0.717, 1.165) is 41.2 Å². The summed E-state index contributed by atoms with van der Waals surface area (Å²) in [7, 11) is 0. The van der Waals surface area contributed by atoms with Crippen molar-refractivity contribution in [3.05, 3.63) is 76.4 Å². The Kier molecular flexibility index (Phi) is 6.95. The lowest BCUT2D eigenvalue weighted by Gasteiger charge is -2.24. The number of nitrogens with zero attached hydrogens (tertiary/aromatic N) is 4. The van der Waals surface area contributed by atoms with Crippen LogP contribution in [0.3, 0.4) is 0 Å². The summed E-state index contributed by atoms with van der Waals surface area (Å²) >= 11 is 0. The molecule has 0 unspecified atom stereocenters. The fourth-order valence-corrected chi connectivity index (χ4v) is 4.78. The Bertz CT molecular complexity index is 1280. The van der Waals surface area contributed by atoms with E-state index in [1.54, 1.807) is 20.8 Å². The molecule has 182 valence electrons. The van der Waals surface area contributed by atoms with E-state index < -0.39 is 11.6 Å². The molecule has 1 N–H and O–H groups in total. The van der Waals surface area contributed by atoms with Gasteiger partial charge in [-0.25, -0.2) is 9.78 Å². The quantitative estimate of drug-likeness (QED) is 0.397. The van der Waals surface area contributed by atoms with Crippen LogP contribution < -0.4 is 4.90 Å². The van der Waals surface area contributed by atoms with E-state index in [1.165, 1.54) is 5.56 Å². The Morgan fingerprint density at radius 3 is 2.54 bits per heavy atom. The number of aliphatic hydroxyl groups is 1. The molecule has 0 radical (unpaired) electrons. The van der Waals surface area contributed by atoms with E-state index in [4.69, 9.17) is 4.74 Å². The molecule has 0 amide bonds. The highest BCUT2D eigenvalue weighted by Gasteiger charge is 2.32. The van der Waals surface area contributed by atoms with Gasteiger partial charge in [0.25, 0.3) is 0 Å². The molecule has 1 aliphatic heterocycles. The number of carbonyl (C=O) groups excluding carboxylic acids is 1. The van der Waals surface area contributed by atoms with Crippen LogP contribution in [0.1, 0.15) is 66.4 Å². The molecule has 0 bridgehead atoms. The molecule has 7 heteroatoms. The molecule has 2 aromatic carbocycles. The SMILES string of the molecule is CCOC(=O)c1c(C(C)(C)O)nc(CC)n1Cc1ccc2c(c1)CCc1ccccc1N2CC#N. The third-order valence-corrected chi connectivity index (χ3v) is 6.36.